The highest BCUT2D eigenvalue weighted by Crippen LogP contribution is 2.01. The first kappa shape index (κ1) is 11.9. The molecule has 15 heavy (non-hydrogen) atoms. The van der Waals surface area contributed by atoms with E-state index in [1.165, 1.54) is 0 Å². The second kappa shape index (κ2) is 5.09. The molecule has 0 aliphatic carbocycles. The van der Waals surface area contributed by atoms with Crippen LogP contribution in [-0.4, -0.2) is 17.8 Å². The molecule has 1 aromatic heterocycles. The van der Waals surface area contributed by atoms with Crippen LogP contribution in [0, 0.1) is 6.92 Å². The Bertz CT molecular complexity index is 385. The molecule has 2 N–H and O–H groups in total. The Kier molecular flexibility index (Phi) is 4.05. The predicted octanol–water partition coefficient (Wildman–Crippen LogP) is 0.650. The number of nitrogens with two attached hydrogens (primary N) is 1. The molecule has 84 valence electrons. The summed E-state index contributed by atoms with van der Waals surface area (Å²) in [4.78, 5) is 11.9. The van der Waals surface area contributed by atoms with Crippen LogP contribution in [0.15, 0.2) is 16.9 Å². The van der Waals surface area contributed by atoms with E-state index in [0.717, 1.165) is 5.69 Å². The van der Waals surface area contributed by atoms with E-state index in [-0.39, 0.29) is 18.2 Å². The van der Waals surface area contributed by atoms with Crippen molar-refractivity contribution in [3.05, 3.63) is 33.7 Å². The van der Waals surface area contributed by atoms with Crippen molar-refractivity contribution < 1.29 is 4.74 Å². The van der Waals surface area contributed by atoms with Crippen LogP contribution in [0.2, 0.25) is 0 Å². The van der Waals surface area contributed by atoms with Gasteiger partial charge in [0.15, 0.2) is 0 Å². The summed E-state index contributed by atoms with van der Waals surface area (Å²) in [6, 6.07) is 3.69. The van der Waals surface area contributed by atoms with Gasteiger partial charge in [-0.15, -0.1) is 0 Å². The van der Waals surface area contributed by atoms with Crippen molar-refractivity contribution in [1.82, 2.24) is 4.57 Å². The molecular weight excluding hydrogens is 192 g/mol. The Morgan fingerprint density at radius 2 is 2.20 bits per heavy atom. The fraction of sp³-hybridized carbons (Fsp3) is 0.545. The van der Waals surface area contributed by atoms with Gasteiger partial charge in [0.1, 0.15) is 0 Å². The van der Waals surface area contributed by atoms with Crippen molar-refractivity contribution in [1.29, 1.82) is 0 Å². The maximum Gasteiger partial charge on any atom is 0.255 e. The number of rotatable bonds is 4. The van der Waals surface area contributed by atoms with Gasteiger partial charge in [-0.3, -0.25) is 4.79 Å². The SMILES string of the molecule is COC(C)Cn1c(C)ccc(CN)c1=O. The van der Waals surface area contributed by atoms with Gasteiger partial charge in [0.2, 0.25) is 0 Å². The molecule has 0 saturated heterocycles. The van der Waals surface area contributed by atoms with Crippen molar-refractivity contribution in [2.24, 2.45) is 5.73 Å². The standard InChI is InChI=1S/C11H18N2O2/c1-8-4-5-10(6-12)11(14)13(8)7-9(2)15-3/h4-5,9H,6-7,12H2,1-3H3. The van der Waals surface area contributed by atoms with Crippen molar-refractivity contribution in [3.8, 4) is 0 Å². The molecule has 1 rings (SSSR count). The van der Waals surface area contributed by atoms with Crippen molar-refractivity contribution in [2.45, 2.75) is 33.0 Å². The molecule has 1 aromatic rings. The molecule has 0 fully saturated rings. The molecule has 1 atom stereocenters. The first-order chi connectivity index (χ1) is 7.10. The van der Waals surface area contributed by atoms with Gasteiger partial charge in [0, 0.05) is 24.9 Å². The van der Waals surface area contributed by atoms with Crippen LogP contribution in [0.3, 0.4) is 0 Å². The fourth-order valence-corrected chi connectivity index (χ4v) is 1.43. The Balaban J connectivity index is 3.10. The highest BCUT2D eigenvalue weighted by atomic mass is 16.5. The molecule has 0 radical (unpaired) electrons. The number of methoxy groups -OCH3 is 1. The molecule has 1 heterocycles. The third-order valence-electron chi connectivity index (χ3n) is 2.53. The third-order valence-corrected chi connectivity index (χ3v) is 2.53. The lowest BCUT2D eigenvalue weighted by Crippen LogP contribution is -2.30. The number of hydrogen-bond acceptors (Lipinski definition) is 3. The normalized spacial score (nSPS) is 12.8. The fourth-order valence-electron chi connectivity index (χ4n) is 1.43. The lowest BCUT2D eigenvalue weighted by Gasteiger charge is -2.15. The average Bonchev–Trinajstić information content (AvgIpc) is 2.24. The number of aromatic nitrogens is 1. The molecule has 0 amide bonds. The largest absolute Gasteiger partial charge is 0.380 e. The second-order valence-electron chi connectivity index (χ2n) is 3.67. The van der Waals surface area contributed by atoms with Gasteiger partial charge < -0.3 is 15.0 Å². The monoisotopic (exact) mass is 210 g/mol. The summed E-state index contributed by atoms with van der Waals surface area (Å²) in [5.74, 6) is 0. The first-order valence-electron chi connectivity index (χ1n) is 5.02. The molecule has 0 bridgehead atoms. The highest BCUT2D eigenvalue weighted by molar-refractivity contribution is 5.15. The van der Waals surface area contributed by atoms with E-state index in [1.807, 2.05) is 19.9 Å². The maximum atomic E-state index is 11.9. The molecular formula is C11H18N2O2. The van der Waals surface area contributed by atoms with Crippen LogP contribution in [-0.2, 0) is 17.8 Å². The highest BCUT2D eigenvalue weighted by Gasteiger charge is 2.08. The minimum absolute atomic E-state index is 0.0126. The Morgan fingerprint density at radius 1 is 1.53 bits per heavy atom. The Hall–Kier alpha value is -1.13. The summed E-state index contributed by atoms with van der Waals surface area (Å²) in [5.41, 5.74) is 7.05. The Labute approximate surface area is 89.7 Å². The quantitative estimate of drug-likeness (QED) is 0.794. The smallest absolute Gasteiger partial charge is 0.255 e. The van der Waals surface area contributed by atoms with E-state index >= 15 is 0 Å². The minimum Gasteiger partial charge on any atom is -0.380 e. The second-order valence-corrected chi connectivity index (χ2v) is 3.67. The zero-order valence-electron chi connectivity index (χ0n) is 9.49. The van der Waals surface area contributed by atoms with Crippen LogP contribution in [0.1, 0.15) is 18.2 Å². The molecule has 1 unspecified atom stereocenters. The maximum absolute atomic E-state index is 11.9. The summed E-state index contributed by atoms with van der Waals surface area (Å²) in [7, 11) is 1.64. The molecule has 4 heteroatoms. The van der Waals surface area contributed by atoms with Crippen LogP contribution in [0.4, 0.5) is 0 Å². The van der Waals surface area contributed by atoms with E-state index in [1.54, 1.807) is 17.7 Å². The summed E-state index contributed by atoms with van der Waals surface area (Å²) >= 11 is 0. The van der Waals surface area contributed by atoms with Gasteiger partial charge in [-0.1, -0.05) is 6.07 Å². The topological polar surface area (TPSA) is 57.2 Å². The number of pyridine rings is 1. The van der Waals surface area contributed by atoms with E-state index in [0.29, 0.717) is 12.1 Å². The van der Waals surface area contributed by atoms with Gasteiger partial charge >= 0.3 is 0 Å². The van der Waals surface area contributed by atoms with Gasteiger partial charge in [0.25, 0.3) is 5.56 Å². The van der Waals surface area contributed by atoms with Gasteiger partial charge in [0.05, 0.1) is 12.6 Å². The first-order valence-corrected chi connectivity index (χ1v) is 5.02. The summed E-state index contributed by atoms with van der Waals surface area (Å²) in [6.45, 7) is 4.68. The van der Waals surface area contributed by atoms with Crippen molar-refractivity contribution in [3.63, 3.8) is 0 Å². The summed E-state index contributed by atoms with van der Waals surface area (Å²) in [6.07, 6.45) is 0.0226. The van der Waals surface area contributed by atoms with Crippen LogP contribution < -0.4 is 11.3 Å². The van der Waals surface area contributed by atoms with Crippen LogP contribution in [0.25, 0.3) is 0 Å². The molecule has 0 spiro atoms. The van der Waals surface area contributed by atoms with E-state index in [2.05, 4.69) is 0 Å². The molecule has 4 nitrogen and oxygen atoms in total. The van der Waals surface area contributed by atoms with Gasteiger partial charge in [-0.2, -0.15) is 0 Å². The molecule has 0 aliphatic heterocycles. The predicted molar refractivity (Wildman–Crippen MR) is 59.8 cm³/mol. The number of hydrogen-bond donors (Lipinski definition) is 1. The Morgan fingerprint density at radius 3 is 2.73 bits per heavy atom. The molecule has 0 saturated carbocycles. The lowest BCUT2D eigenvalue weighted by molar-refractivity contribution is 0.102. The molecule has 0 aliphatic rings. The minimum atomic E-state index is -0.0126. The van der Waals surface area contributed by atoms with E-state index in [4.69, 9.17) is 10.5 Å². The zero-order valence-corrected chi connectivity index (χ0v) is 9.49. The number of aryl methyl sites for hydroxylation is 1. The van der Waals surface area contributed by atoms with Gasteiger partial charge in [-0.25, -0.2) is 0 Å². The van der Waals surface area contributed by atoms with Crippen molar-refractivity contribution >= 4 is 0 Å². The van der Waals surface area contributed by atoms with E-state index in [9.17, 15) is 4.79 Å². The van der Waals surface area contributed by atoms with E-state index < -0.39 is 0 Å². The lowest BCUT2D eigenvalue weighted by atomic mass is 10.2. The average molecular weight is 210 g/mol. The summed E-state index contributed by atoms with van der Waals surface area (Å²) < 4.78 is 6.85. The van der Waals surface area contributed by atoms with Crippen molar-refractivity contribution in [2.75, 3.05) is 7.11 Å². The number of ether oxygens (including phenoxy) is 1. The van der Waals surface area contributed by atoms with Crippen LogP contribution in [0.5, 0.6) is 0 Å². The van der Waals surface area contributed by atoms with Gasteiger partial charge in [-0.05, 0) is 19.9 Å². The summed E-state index contributed by atoms with van der Waals surface area (Å²) in [5, 5.41) is 0. The van der Waals surface area contributed by atoms with Crippen LogP contribution >= 0.6 is 0 Å². The third kappa shape index (κ3) is 2.67. The zero-order chi connectivity index (χ0) is 11.4. The molecule has 0 aromatic carbocycles. The number of nitrogens with zero attached hydrogens (tertiary/aromatic N) is 1.